The van der Waals surface area contributed by atoms with Gasteiger partial charge in [0.1, 0.15) is 0 Å². The molecule has 0 amide bonds. The van der Waals surface area contributed by atoms with Crippen LogP contribution in [0.25, 0.3) is 0 Å². The summed E-state index contributed by atoms with van der Waals surface area (Å²) in [4.78, 5) is 0. The normalized spacial score (nSPS) is 27.4. The van der Waals surface area contributed by atoms with Crippen LogP contribution in [0, 0.1) is 5.92 Å². The first-order valence-corrected chi connectivity index (χ1v) is 8.60. The molecule has 4 nitrogen and oxygen atoms in total. The molecule has 1 aliphatic rings. The quantitative estimate of drug-likeness (QED) is 0.778. The Bertz CT molecular complexity index is 333. The van der Waals surface area contributed by atoms with Gasteiger partial charge in [-0.3, -0.25) is 0 Å². The van der Waals surface area contributed by atoms with Crippen molar-refractivity contribution in [3.63, 3.8) is 0 Å². The van der Waals surface area contributed by atoms with Crippen molar-refractivity contribution in [2.75, 3.05) is 6.54 Å². The van der Waals surface area contributed by atoms with E-state index in [1.807, 2.05) is 13.8 Å². The van der Waals surface area contributed by atoms with Crippen molar-refractivity contribution in [1.82, 2.24) is 10.0 Å². The second-order valence-electron chi connectivity index (χ2n) is 5.99. The third kappa shape index (κ3) is 5.24. The maximum Gasteiger partial charge on any atom is 0.215 e. The zero-order valence-corrected chi connectivity index (χ0v) is 12.9. The number of hydrogen-bond donors (Lipinski definition) is 2. The van der Waals surface area contributed by atoms with E-state index in [2.05, 4.69) is 17.0 Å². The Labute approximate surface area is 112 Å². The average Bonchev–Trinajstić information content (AvgIpc) is 2.28. The van der Waals surface area contributed by atoms with Gasteiger partial charge >= 0.3 is 0 Å². The van der Waals surface area contributed by atoms with Gasteiger partial charge in [-0.1, -0.05) is 20.8 Å². The topological polar surface area (TPSA) is 58.2 Å². The fourth-order valence-corrected chi connectivity index (χ4v) is 3.49. The monoisotopic (exact) mass is 276 g/mol. The van der Waals surface area contributed by atoms with Crippen molar-refractivity contribution >= 4 is 10.0 Å². The lowest BCUT2D eigenvalue weighted by atomic mass is 9.88. The second-order valence-corrected chi connectivity index (χ2v) is 8.12. The number of hydrogen-bond acceptors (Lipinski definition) is 3. The lowest BCUT2D eigenvalue weighted by molar-refractivity contribution is 0.331. The van der Waals surface area contributed by atoms with Gasteiger partial charge in [-0.15, -0.1) is 0 Å². The highest BCUT2D eigenvalue weighted by Gasteiger charge is 2.26. The summed E-state index contributed by atoms with van der Waals surface area (Å²) in [6.07, 6.45) is 4.22. The molecule has 1 unspecified atom stereocenters. The van der Waals surface area contributed by atoms with E-state index in [0.717, 1.165) is 31.6 Å². The van der Waals surface area contributed by atoms with Crippen LogP contribution in [0.15, 0.2) is 0 Å². The Morgan fingerprint density at radius 2 is 1.67 bits per heavy atom. The van der Waals surface area contributed by atoms with Crippen LogP contribution in [0.2, 0.25) is 0 Å². The molecule has 0 radical (unpaired) electrons. The number of sulfonamides is 1. The molecule has 18 heavy (non-hydrogen) atoms. The second kappa shape index (κ2) is 6.87. The van der Waals surface area contributed by atoms with Crippen LogP contribution < -0.4 is 10.0 Å². The predicted molar refractivity (Wildman–Crippen MR) is 76.1 cm³/mol. The minimum atomic E-state index is -3.19. The van der Waals surface area contributed by atoms with Crippen LogP contribution in [-0.2, 0) is 10.0 Å². The van der Waals surface area contributed by atoms with Crippen molar-refractivity contribution < 1.29 is 8.42 Å². The van der Waals surface area contributed by atoms with Crippen molar-refractivity contribution in [3.05, 3.63) is 0 Å². The molecule has 2 N–H and O–H groups in total. The maximum atomic E-state index is 12.1. The van der Waals surface area contributed by atoms with E-state index in [-0.39, 0.29) is 11.3 Å². The lowest BCUT2D eigenvalue weighted by Gasteiger charge is -2.28. The maximum absolute atomic E-state index is 12.1. The van der Waals surface area contributed by atoms with Crippen LogP contribution in [0.5, 0.6) is 0 Å². The summed E-state index contributed by atoms with van der Waals surface area (Å²) in [5.41, 5.74) is 0. The average molecular weight is 276 g/mol. The van der Waals surface area contributed by atoms with E-state index < -0.39 is 10.0 Å². The van der Waals surface area contributed by atoms with E-state index in [1.54, 1.807) is 6.92 Å². The first-order chi connectivity index (χ1) is 8.31. The molecule has 1 fully saturated rings. The Morgan fingerprint density at radius 3 is 2.17 bits per heavy atom. The summed E-state index contributed by atoms with van der Waals surface area (Å²) in [5, 5.41) is 2.80. The molecule has 1 aliphatic carbocycles. The first kappa shape index (κ1) is 15.9. The summed E-state index contributed by atoms with van der Waals surface area (Å²) in [5.74, 6) is 0.741. The van der Waals surface area contributed by atoms with Gasteiger partial charge in [0.25, 0.3) is 0 Å². The molecule has 0 aromatic carbocycles. The molecule has 0 bridgehead atoms. The van der Waals surface area contributed by atoms with Crippen molar-refractivity contribution in [2.45, 2.75) is 70.7 Å². The summed E-state index contributed by atoms with van der Waals surface area (Å²) in [6.45, 7) is 8.56. The van der Waals surface area contributed by atoms with Crippen LogP contribution in [0.3, 0.4) is 0 Å². The summed E-state index contributed by atoms with van der Waals surface area (Å²) >= 11 is 0. The molecule has 1 saturated carbocycles. The molecular weight excluding hydrogens is 248 g/mol. The molecule has 108 valence electrons. The van der Waals surface area contributed by atoms with Crippen LogP contribution >= 0.6 is 0 Å². The zero-order chi connectivity index (χ0) is 13.8. The fraction of sp³-hybridized carbons (Fsp3) is 1.00. The zero-order valence-electron chi connectivity index (χ0n) is 12.1. The van der Waals surface area contributed by atoms with Crippen LogP contribution in [0.4, 0.5) is 0 Å². The molecule has 5 heteroatoms. The molecule has 1 atom stereocenters. The smallest absolute Gasteiger partial charge is 0.215 e. The van der Waals surface area contributed by atoms with E-state index >= 15 is 0 Å². The minimum absolute atomic E-state index is 0.146. The van der Waals surface area contributed by atoms with Gasteiger partial charge in [-0.2, -0.15) is 0 Å². The summed E-state index contributed by atoms with van der Waals surface area (Å²) in [7, 11) is -3.19. The Balaban J connectivity index is 2.43. The Kier molecular flexibility index (Phi) is 6.08. The van der Waals surface area contributed by atoms with Gasteiger partial charge in [-0.25, -0.2) is 13.1 Å². The third-order valence-corrected chi connectivity index (χ3v) is 5.58. The largest absolute Gasteiger partial charge is 0.313 e. The van der Waals surface area contributed by atoms with Gasteiger partial charge in [0.05, 0.1) is 5.25 Å². The van der Waals surface area contributed by atoms with Crippen molar-refractivity contribution in [2.24, 2.45) is 5.92 Å². The molecule has 0 heterocycles. The molecule has 0 saturated heterocycles. The first-order valence-electron chi connectivity index (χ1n) is 7.05. The standard InChI is InChI=1S/C13H28N2O2S/c1-10(2)14-9-12(4)18(16,17)15-13-7-5-11(3)6-8-13/h10-15H,5-9H2,1-4H3. The molecule has 0 aromatic heterocycles. The molecule has 0 aromatic rings. The van der Waals surface area contributed by atoms with Crippen LogP contribution in [0.1, 0.15) is 53.4 Å². The molecular formula is C13H28N2O2S. The summed E-state index contributed by atoms with van der Waals surface area (Å²) < 4.78 is 27.2. The number of rotatable bonds is 6. The highest BCUT2D eigenvalue weighted by molar-refractivity contribution is 7.90. The van der Waals surface area contributed by atoms with Gasteiger partial charge in [0.2, 0.25) is 10.0 Å². The SMILES string of the molecule is CC1CCC(NS(=O)(=O)C(C)CNC(C)C)CC1. The van der Waals surface area contributed by atoms with Gasteiger partial charge < -0.3 is 5.32 Å². The van der Waals surface area contributed by atoms with Crippen molar-refractivity contribution in [3.8, 4) is 0 Å². The van der Waals surface area contributed by atoms with Gasteiger partial charge in [0, 0.05) is 18.6 Å². The van der Waals surface area contributed by atoms with Crippen molar-refractivity contribution in [1.29, 1.82) is 0 Å². The highest BCUT2D eigenvalue weighted by atomic mass is 32.2. The Hall–Kier alpha value is -0.130. The molecule has 1 rings (SSSR count). The summed E-state index contributed by atoms with van der Waals surface area (Å²) in [6, 6.07) is 0.464. The van der Waals surface area contributed by atoms with Crippen LogP contribution in [-0.4, -0.2) is 32.3 Å². The van der Waals surface area contributed by atoms with Gasteiger partial charge in [-0.05, 0) is 38.5 Å². The lowest BCUT2D eigenvalue weighted by Crippen LogP contribution is -2.45. The number of nitrogens with one attached hydrogen (secondary N) is 2. The van der Waals surface area contributed by atoms with E-state index in [4.69, 9.17) is 0 Å². The van der Waals surface area contributed by atoms with E-state index in [9.17, 15) is 8.42 Å². The molecule has 0 aliphatic heterocycles. The van der Waals surface area contributed by atoms with E-state index in [1.165, 1.54) is 0 Å². The van der Waals surface area contributed by atoms with Gasteiger partial charge in [0.15, 0.2) is 0 Å². The predicted octanol–water partition coefficient (Wildman–Crippen LogP) is 1.87. The third-order valence-electron chi connectivity index (χ3n) is 3.69. The molecule has 0 spiro atoms. The minimum Gasteiger partial charge on any atom is -0.313 e. The fourth-order valence-electron chi connectivity index (χ4n) is 2.24. The van der Waals surface area contributed by atoms with E-state index in [0.29, 0.717) is 12.6 Å². The highest BCUT2D eigenvalue weighted by Crippen LogP contribution is 2.24. The Morgan fingerprint density at radius 1 is 1.11 bits per heavy atom.